The minimum absolute atomic E-state index is 0.418. The highest BCUT2D eigenvalue weighted by Gasteiger charge is 2.28. The van der Waals surface area contributed by atoms with Crippen LogP contribution in [0.2, 0.25) is 0 Å². The maximum absolute atomic E-state index is 13.8. The lowest BCUT2D eigenvalue weighted by molar-refractivity contribution is 0.485. The SMILES string of the molecule is Nc1c(N)c(F)c(-c2c(F)ccc(F)c2F)c(F)c1F. The van der Waals surface area contributed by atoms with Gasteiger partial charge in [-0.1, -0.05) is 0 Å². The van der Waals surface area contributed by atoms with Crippen molar-refractivity contribution >= 4 is 11.4 Å². The van der Waals surface area contributed by atoms with Crippen LogP contribution in [0, 0.1) is 34.9 Å². The first kappa shape index (κ1) is 14.0. The van der Waals surface area contributed by atoms with E-state index in [0.717, 1.165) is 0 Å². The number of nitrogen functional groups attached to an aromatic ring is 2. The Bertz CT molecular complexity index is 685. The fraction of sp³-hybridized carbons (Fsp3) is 0. The molecule has 0 aromatic heterocycles. The molecule has 0 saturated heterocycles. The van der Waals surface area contributed by atoms with Gasteiger partial charge in [-0.2, -0.15) is 0 Å². The molecular weight excluding hydrogens is 286 g/mol. The normalized spacial score (nSPS) is 10.9. The molecule has 2 nitrogen and oxygen atoms in total. The van der Waals surface area contributed by atoms with E-state index in [1.807, 2.05) is 0 Å². The van der Waals surface area contributed by atoms with Crippen LogP contribution in [-0.2, 0) is 0 Å². The number of nitrogens with two attached hydrogens (primary N) is 2. The van der Waals surface area contributed by atoms with E-state index in [0.29, 0.717) is 12.1 Å². The van der Waals surface area contributed by atoms with Crippen LogP contribution in [0.3, 0.4) is 0 Å². The molecule has 0 radical (unpaired) electrons. The summed E-state index contributed by atoms with van der Waals surface area (Å²) in [7, 11) is 0. The molecule has 0 bridgehead atoms. The van der Waals surface area contributed by atoms with Crippen molar-refractivity contribution in [2.24, 2.45) is 0 Å². The van der Waals surface area contributed by atoms with Gasteiger partial charge in [0.05, 0.1) is 22.5 Å². The van der Waals surface area contributed by atoms with E-state index in [9.17, 15) is 26.3 Å². The highest BCUT2D eigenvalue weighted by molar-refractivity contribution is 5.77. The number of hydrogen-bond acceptors (Lipinski definition) is 2. The van der Waals surface area contributed by atoms with Gasteiger partial charge in [0.25, 0.3) is 0 Å². The third-order valence-corrected chi connectivity index (χ3v) is 2.69. The second kappa shape index (κ2) is 4.62. The van der Waals surface area contributed by atoms with Crippen LogP contribution in [0.1, 0.15) is 0 Å². The second-order valence-electron chi connectivity index (χ2n) is 3.86. The Hall–Kier alpha value is -2.38. The van der Waals surface area contributed by atoms with Gasteiger partial charge in [-0.05, 0) is 12.1 Å². The molecule has 8 heteroatoms. The Kier molecular flexibility index (Phi) is 3.24. The first-order chi connectivity index (χ1) is 9.27. The van der Waals surface area contributed by atoms with Gasteiger partial charge >= 0.3 is 0 Å². The molecule has 0 spiro atoms. The lowest BCUT2D eigenvalue weighted by Crippen LogP contribution is -2.08. The molecule has 106 valence electrons. The second-order valence-corrected chi connectivity index (χ2v) is 3.86. The van der Waals surface area contributed by atoms with E-state index in [2.05, 4.69) is 0 Å². The number of hydrogen-bond donors (Lipinski definition) is 2. The zero-order valence-corrected chi connectivity index (χ0v) is 9.58. The summed E-state index contributed by atoms with van der Waals surface area (Å²) < 4.78 is 81.0. The minimum atomic E-state index is -1.96. The van der Waals surface area contributed by atoms with Crippen LogP contribution in [0.5, 0.6) is 0 Å². The largest absolute Gasteiger partial charge is 0.395 e. The van der Waals surface area contributed by atoms with Gasteiger partial charge in [0, 0.05) is 0 Å². The average molecular weight is 292 g/mol. The molecular formula is C12H6F6N2. The molecule has 2 rings (SSSR count). The summed E-state index contributed by atoms with van der Waals surface area (Å²) in [6.07, 6.45) is 0. The van der Waals surface area contributed by atoms with Crippen molar-refractivity contribution in [1.82, 2.24) is 0 Å². The standard InChI is InChI=1S/C12H6F6N2/c13-3-1-2-4(14)7(15)5(3)6-8(16)10(18)12(20)11(19)9(6)17/h1-2H,19-20H2. The third-order valence-electron chi connectivity index (χ3n) is 2.69. The van der Waals surface area contributed by atoms with Crippen molar-refractivity contribution in [3.05, 3.63) is 47.0 Å². The Balaban J connectivity index is 2.95. The Morgan fingerprint density at radius 2 is 1.05 bits per heavy atom. The van der Waals surface area contributed by atoms with Crippen molar-refractivity contribution in [3.63, 3.8) is 0 Å². The van der Waals surface area contributed by atoms with Crippen LogP contribution in [-0.4, -0.2) is 0 Å². The number of halogens is 6. The summed E-state index contributed by atoms with van der Waals surface area (Å²) in [5.41, 5.74) is 5.16. The zero-order valence-electron chi connectivity index (χ0n) is 9.58. The summed E-state index contributed by atoms with van der Waals surface area (Å²) in [6, 6.07) is 0.859. The maximum Gasteiger partial charge on any atom is 0.184 e. The van der Waals surface area contributed by atoms with E-state index in [1.54, 1.807) is 0 Å². The molecule has 0 atom stereocenters. The van der Waals surface area contributed by atoms with Gasteiger partial charge in [-0.15, -0.1) is 0 Å². The Morgan fingerprint density at radius 3 is 1.65 bits per heavy atom. The van der Waals surface area contributed by atoms with Crippen LogP contribution in [0.25, 0.3) is 11.1 Å². The third kappa shape index (κ3) is 1.84. The fourth-order valence-electron chi connectivity index (χ4n) is 1.67. The topological polar surface area (TPSA) is 52.0 Å². The quantitative estimate of drug-likeness (QED) is 0.481. The highest BCUT2D eigenvalue weighted by atomic mass is 19.2. The lowest BCUT2D eigenvalue weighted by atomic mass is 10.0. The first-order valence-corrected chi connectivity index (χ1v) is 5.12. The van der Waals surface area contributed by atoms with E-state index in [1.165, 1.54) is 0 Å². The molecule has 2 aromatic rings. The number of benzene rings is 2. The molecule has 0 aliphatic heterocycles. The van der Waals surface area contributed by atoms with Gasteiger partial charge in [-0.25, -0.2) is 26.3 Å². The van der Waals surface area contributed by atoms with Gasteiger partial charge < -0.3 is 11.5 Å². The van der Waals surface area contributed by atoms with Gasteiger partial charge in [0.1, 0.15) is 5.82 Å². The molecule has 0 aliphatic rings. The molecule has 2 aromatic carbocycles. The minimum Gasteiger partial charge on any atom is -0.395 e. The van der Waals surface area contributed by atoms with E-state index >= 15 is 0 Å². The van der Waals surface area contributed by atoms with Crippen LogP contribution < -0.4 is 11.5 Å². The fourth-order valence-corrected chi connectivity index (χ4v) is 1.67. The zero-order chi connectivity index (χ0) is 15.2. The first-order valence-electron chi connectivity index (χ1n) is 5.12. The Labute approximate surface area is 108 Å². The predicted molar refractivity (Wildman–Crippen MR) is 60.5 cm³/mol. The van der Waals surface area contributed by atoms with Crippen molar-refractivity contribution in [3.8, 4) is 11.1 Å². The molecule has 0 unspecified atom stereocenters. The average Bonchev–Trinajstić information content (AvgIpc) is 2.42. The van der Waals surface area contributed by atoms with Crippen molar-refractivity contribution in [2.45, 2.75) is 0 Å². The summed E-state index contributed by atoms with van der Waals surface area (Å²) in [6.45, 7) is 0. The van der Waals surface area contributed by atoms with Gasteiger partial charge in [-0.3, -0.25) is 0 Å². The molecule has 0 heterocycles. The lowest BCUT2D eigenvalue weighted by Gasteiger charge is -2.12. The highest BCUT2D eigenvalue weighted by Crippen LogP contribution is 2.38. The summed E-state index contributed by atoms with van der Waals surface area (Å²) in [5, 5.41) is 0. The van der Waals surface area contributed by atoms with Crippen molar-refractivity contribution < 1.29 is 26.3 Å². The van der Waals surface area contributed by atoms with Crippen molar-refractivity contribution in [2.75, 3.05) is 11.5 Å². The summed E-state index contributed by atoms with van der Waals surface area (Å²) in [4.78, 5) is 0. The maximum atomic E-state index is 13.8. The summed E-state index contributed by atoms with van der Waals surface area (Å²) >= 11 is 0. The predicted octanol–water partition coefficient (Wildman–Crippen LogP) is 3.35. The molecule has 20 heavy (non-hydrogen) atoms. The van der Waals surface area contributed by atoms with E-state index in [4.69, 9.17) is 11.5 Å². The van der Waals surface area contributed by atoms with Crippen LogP contribution in [0.4, 0.5) is 37.7 Å². The van der Waals surface area contributed by atoms with E-state index in [-0.39, 0.29) is 0 Å². The summed E-state index contributed by atoms with van der Waals surface area (Å²) in [5.74, 6) is -10.3. The molecule has 0 aliphatic carbocycles. The smallest absolute Gasteiger partial charge is 0.184 e. The van der Waals surface area contributed by atoms with Gasteiger partial charge in [0.15, 0.2) is 29.1 Å². The molecule has 0 fully saturated rings. The van der Waals surface area contributed by atoms with Crippen LogP contribution >= 0.6 is 0 Å². The molecule has 4 N–H and O–H groups in total. The molecule has 0 amide bonds. The monoisotopic (exact) mass is 292 g/mol. The Morgan fingerprint density at radius 1 is 0.550 bits per heavy atom. The van der Waals surface area contributed by atoms with Crippen LogP contribution in [0.15, 0.2) is 12.1 Å². The molecule has 0 saturated carbocycles. The van der Waals surface area contributed by atoms with Gasteiger partial charge in [0.2, 0.25) is 0 Å². The van der Waals surface area contributed by atoms with Crippen molar-refractivity contribution in [1.29, 1.82) is 0 Å². The number of rotatable bonds is 1. The van der Waals surface area contributed by atoms with E-state index < -0.39 is 57.4 Å². The number of anilines is 2.